The van der Waals surface area contributed by atoms with Gasteiger partial charge in [0.15, 0.2) is 11.5 Å². The lowest BCUT2D eigenvalue weighted by Crippen LogP contribution is -2.50. The summed E-state index contributed by atoms with van der Waals surface area (Å²) >= 11 is 0. The molecule has 3 heterocycles. The molecule has 4 nitrogen and oxygen atoms in total. The van der Waals surface area contributed by atoms with Gasteiger partial charge in [0.1, 0.15) is 12.7 Å². The van der Waals surface area contributed by atoms with Crippen molar-refractivity contribution >= 4 is 0 Å². The normalized spacial score (nSPS) is 27.7. The van der Waals surface area contributed by atoms with Crippen LogP contribution in [0.2, 0.25) is 0 Å². The summed E-state index contributed by atoms with van der Waals surface area (Å²) in [6, 6.07) is 7.96. The van der Waals surface area contributed by atoms with Crippen LogP contribution in [0, 0.1) is 5.41 Å². The van der Waals surface area contributed by atoms with Gasteiger partial charge in [-0.1, -0.05) is 12.1 Å². The first-order valence-corrected chi connectivity index (χ1v) is 8.52. The highest BCUT2D eigenvalue weighted by Gasteiger charge is 2.37. The van der Waals surface area contributed by atoms with E-state index in [2.05, 4.69) is 4.90 Å². The van der Waals surface area contributed by atoms with E-state index in [0.29, 0.717) is 12.0 Å². The maximum atomic E-state index is 6.12. The Balaban J connectivity index is 1.37. The zero-order chi connectivity index (χ0) is 14.8. The number of piperidine rings is 1. The molecule has 1 atom stereocenters. The van der Waals surface area contributed by atoms with Gasteiger partial charge < -0.3 is 14.2 Å². The van der Waals surface area contributed by atoms with Crippen molar-refractivity contribution in [3.05, 3.63) is 24.3 Å². The maximum Gasteiger partial charge on any atom is 0.161 e. The van der Waals surface area contributed by atoms with Crippen LogP contribution in [-0.2, 0) is 4.74 Å². The first-order chi connectivity index (χ1) is 10.8. The highest BCUT2D eigenvalue weighted by Crippen LogP contribution is 2.39. The van der Waals surface area contributed by atoms with E-state index >= 15 is 0 Å². The third kappa shape index (κ3) is 2.95. The Bertz CT molecular complexity index is 507. The second-order valence-electron chi connectivity index (χ2n) is 6.95. The summed E-state index contributed by atoms with van der Waals surface area (Å²) in [5.41, 5.74) is 0.490. The van der Waals surface area contributed by atoms with Crippen LogP contribution in [0.15, 0.2) is 24.3 Å². The standard InChI is InChI=1S/C18H25NO3/c1-2-5-17-16(4-1)21-13-15(22-17)12-19-9-3-6-18(14-19)7-10-20-11-8-18/h1-2,4-5,15H,3,6-14H2/t15-/m1/s1. The van der Waals surface area contributed by atoms with Gasteiger partial charge in [-0.3, -0.25) is 4.90 Å². The molecule has 2 saturated heterocycles. The quantitative estimate of drug-likeness (QED) is 0.840. The molecule has 120 valence electrons. The number of benzene rings is 1. The average Bonchev–Trinajstić information content (AvgIpc) is 2.56. The van der Waals surface area contributed by atoms with Gasteiger partial charge in [-0.15, -0.1) is 0 Å². The Labute approximate surface area is 132 Å². The van der Waals surface area contributed by atoms with Crippen LogP contribution in [-0.4, -0.2) is 50.5 Å². The summed E-state index contributed by atoms with van der Waals surface area (Å²) in [7, 11) is 0. The van der Waals surface area contributed by atoms with Crippen LogP contribution < -0.4 is 9.47 Å². The largest absolute Gasteiger partial charge is 0.486 e. The summed E-state index contributed by atoms with van der Waals surface area (Å²) in [6.07, 6.45) is 5.23. The summed E-state index contributed by atoms with van der Waals surface area (Å²) in [4.78, 5) is 2.58. The monoisotopic (exact) mass is 303 g/mol. The Kier molecular flexibility index (Phi) is 3.97. The number of hydrogen-bond donors (Lipinski definition) is 0. The second kappa shape index (κ2) is 6.09. The van der Waals surface area contributed by atoms with Crippen molar-refractivity contribution in [2.24, 2.45) is 5.41 Å². The minimum absolute atomic E-state index is 0.143. The lowest BCUT2D eigenvalue weighted by molar-refractivity contribution is -0.0386. The molecule has 4 heteroatoms. The minimum atomic E-state index is 0.143. The van der Waals surface area contributed by atoms with Crippen molar-refractivity contribution in [2.75, 3.05) is 39.5 Å². The van der Waals surface area contributed by atoms with Gasteiger partial charge in [0.2, 0.25) is 0 Å². The first-order valence-electron chi connectivity index (χ1n) is 8.52. The molecular formula is C18H25NO3. The second-order valence-corrected chi connectivity index (χ2v) is 6.95. The highest BCUT2D eigenvalue weighted by atomic mass is 16.6. The molecule has 3 aliphatic rings. The molecule has 0 N–H and O–H groups in total. The van der Waals surface area contributed by atoms with Gasteiger partial charge in [-0.05, 0) is 49.8 Å². The number of likely N-dealkylation sites (tertiary alicyclic amines) is 1. The summed E-state index contributed by atoms with van der Waals surface area (Å²) in [5, 5.41) is 0. The van der Waals surface area contributed by atoms with Crippen LogP contribution >= 0.6 is 0 Å². The molecule has 0 amide bonds. The maximum absolute atomic E-state index is 6.12. The molecule has 0 bridgehead atoms. The third-order valence-corrected chi connectivity index (χ3v) is 5.32. The Hall–Kier alpha value is -1.26. The predicted octanol–water partition coefficient (Wildman–Crippen LogP) is 2.72. The molecule has 3 aliphatic heterocycles. The fourth-order valence-corrected chi connectivity index (χ4v) is 4.12. The number of ether oxygens (including phenoxy) is 3. The van der Waals surface area contributed by atoms with E-state index in [1.807, 2.05) is 24.3 Å². The molecule has 1 aromatic carbocycles. The van der Waals surface area contributed by atoms with Crippen LogP contribution in [0.4, 0.5) is 0 Å². The van der Waals surface area contributed by atoms with Crippen molar-refractivity contribution in [3.63, 3.8) is 0 Å². The van der Waals surface area contributed by atoms with Gasteiger partial charge in [0.25, 0.3) is 0 Å². The topological polar surface area (TPSA) is 30.9 Å². The summed E-state index contributed by atoms with van der Waals surface area (Å²) < 4.78 is 17.5. The van der Waals surface area contributed by atoms with Gasteiger partial charge in [0, 0.05) is 26.3 Å². The fraction of sp³-hybridized carbons (Fsp3) is 0.667. The zero-order valence-corrected chi connectivity index (χ0v) is 13.1. The van der Waals surface area contributed by atoms with Crippen LogP contribution in [0.5, 0.6) is 11.5 Å². The zero-order valence-electron chi connectivity index (χ0n) is 13.1. The molecule has 4 rings (SSSR count). The lowest BCUT2D eigenvalue weighted by Gasteiger charge is -2.46. The van der Waals surface area contributed by atoms with Gasteiger partial charge >= 0.3 is 0 Å². The number of hydrogen-bond acceptors (Lipinski definition) is 4. The van der Waals surface area contributed by atoms with E-state index in [0.717, 1.165) is 31.3 Å². The first kappa shape index (κ1) is 14.3. The van der Waals surface area contributed by atoms with Crippen LogP contribution in [0.1, 0.15) is 25.7 Å². The third-order valence-electron chi connectivity index (χ3n) is 5.32. The highest BCUT2D eigenvalue weighted by molar-refractivity contribution is 5.40. The van der Waals surface area contributed by atoms with E-state index in [1.54, 1.807) is 0 Å². The van der Waals surface area contributed by atoms with Crippen LogP contribution in [0.25, 0.3) is 0 Å². The molecule has 2 fully saturated rings. The molecule has 1 spiro atoms. The predicted molar refractivity (Wildman–Crippen MR) is 84.5 cm³/mol. The van der Waals surface area contributed by atoms with E-state index in [4.69, 9.17) is 14.2 Å². The minimum Gasteiger partial charge on any atom is -0.486 e. The van der Waals surface area contributed by atoms with Gasteiger partial charge in [-0.25, -0.2) is 0 Å². The summed E-state index contributed by atoms with van der Waals surface area (Å²) in [5.74, 6) is 1.76. The van der Waals surface area contributed by atoms with Gasteiger partial charge in [0.05, 0.1) is 0 Å². The smallest absolute Gasteiger partial charge is 0.161 e. The SMILES string of the molecule is c1ccc2c(c1)OC[C@@H](CN1CCCC3(CCOCC3)C1)O2. The number of rotatable bonds is 2. The molecule has 0 saturated carbocycles. The molecule has 0 aliphatic carbocycles. The van der Waals surface area contributed by atoms with Crippen molar-refractivity contribution in [1.82, 2.24) is 4.90 Å². The Morgan fingerprint density at radius 2 is 1.91 bits per heavy atom. The molecule has 1 aromatic rings. The van der Waals surface area contributed by atoms with Crippen LogP contribution in [0.3, 0.4) is 0 Å². The van der Waals surface area contributed by atoms with Gasteiger partial charge in [-0.2, -0.15) is 0 Å². The summed E-state index contributed by atoms with van der Waals surface area (Å²) in [6.45, 7) is 5.87. The van der Waals surface area contributed by atoms with E-state index in [-0.39, 0.29) is 6.10 Å². The molecule has 0 unspecified atom stereocenters. The molecular weight excluding hydrogens is 278 g/mol. The molecule has 22 heavy (non-hydrogen) atoms. The number of fused-ring (bicyclic) bond motifs is 1. The van der Waals surface area contributed by atoms with Crippen molar-refractivity contribution in [2.45, 2.75) is 31.8 Å². The number of para-hydroxylation sites is 2. The molecule has 0 aromatic heterocycles. The number of nitrogens with zero attached hydrogens (tertiary/aromatic N) is 1. The molecule has 0 radical (unpaired) electrons. The van der Waals surface area contributed by atoms with Crippen molar-refractivity contribution < 1.29 is 14.2 Å². The van der Waals surface area contributed by atoms with E-state index < -0.39 is 0 Å². The lowest BCUT2D eigenvalue weighted by atomic mass is 9.74. The fourth-order valence-electron chi connectivity index (χ4n) is 4.12. The van der Waals surface area contributed by atoms with Crippen molar-refractivity contribution in [3.8, 4) is 11.5 Å². The van der Waals surface area contributed by atoms with Crippen molar-refractivity contribution in [1.29, 1.82) is 0 Å². The van der Waals surface area contributed by atoms with E-state index in [1.165, 1.54) is 38.8 Å². The Morgan fingerprint density at radius 1 is 1.09 bits per heavy atom. The average molecular weight is 303 g/mol. The Morgan fingerprint density at radius 3 is 2.77 bits per heavy atom. The van der Waals surface area contributed by atoms with E-state index in [9.17, 15) is 0 Å².